The number of likely N-dealkylation sites (tertiary alicyclic amines) is 1. The third-order valence-corrected chi connectivity index (χ3v) is 7.80. The van der Waals surface area contributed by atoms with Gasteiger partial charge >= 0.3 is 11.9 Å². The van der Waals surface area contributed by atoms with Crippen molar-refractivity contribution in [2.45, 2.75) is 38.1 Å². The van der Waals surface area contributed by atoms with Gasteiger partial charge in [0.25, 0.3) is 11.8 Å². The number of β-amino-alcohol motifs (C(OH)–C–C–N with tert-alkyl or cyclic N) is 1. The largest absolute Gasteiger partial charge is 0.491 e. The van der Waals surface area contributed by atoms with Crippen LogP contribution in [0.15, 0.2) is 60.7 Å². The Kier molecular flexibility index (Phi) is 10.7. The van der Waals surface area contributed by atoms with Gasteiger partial charge in [0.05, 0.1) is 0 Å². The molecule has 1 unspecified atom stereocenters. The van der Waals surface area contributed by atoms with Crippen LogP contribution >= 0.6 is 0 Å². The Hall–Kier alpha value is -4.36. The Bertz CT molecular complexity index is 1450. The maximum Gasteiger partial charge on any atom is 0.335 e. The normalized spacial score (nSPS) is 17.4. The Morgan fingerprint density at radius 3 is 1.91 bits per heavy atom. The summed E-state index contributed by atoms with van der Waals surface area (Å²) in [6.45, 7) is 4.89. The molecule has 12 nitrogen and oxygen atoms in total. The molecule has 2 amide bonds. The minimum Gasteiger partial charge on any atom is -0.491 e. The van der Waals surface area contributed by atoms with Gasteiger partial charge in [0.2, 0.25) is 0 Å². The SMILES string of the molecule is Cc1ccccc1OCC(O)CN1CCC(CN2C(=O)c3cccc4cccc(c34)C2=O)CC1.O=C(O)[C@H](O)[C@@H](O)C(=O)O. The maximum atomic E-state index is 13.2. The molecule has 0 radical (unpaired) electrons. The summed E-state index contributed by atoms with van der Waals surface area (Å²) in [4.78, 5) is 49.5. The molecule has 44 heavy (non-hydrogen) atoms. The molecular weight excluding hydrogens is 572 g/mol. The van der Waals surface area contributed by atoms with Crippen molar-refractivity contribution in [3.8, 4) is 5.75 Å². The number of para-hydroxylation sites is 1. The monoisotopic (exact) mass is 608 g/mol. The molecule has 5 N–H and O–H groups in total. The first kappa shape index (κ1) is 32.6. The van der Waals surface area contributed by atoms with Gasteiger partial charge in [-0.05, 0) is 67.9 Å². The number of ether oxygens (including phenoxy) is 1. The summed E-state index contributed by atoms with van der Waals surface area (Å²) in [5, 5.41) is 44.7. The summed E-state index contributed by atoms with van der Waals surface area (Å²) < 4.78 is 5.78. The quantitative estimate of drug-likeness (QED) is 0.211. The van der Waals surface area contributed by atoms with E-state index in [1.165, 1.54) is 4.90 Å². The second-order valence-corrected chi connectivity index (χ2v) is 11.0. The van der Waals surface area contributed by atoms with Crippen LogP contribution in [0.2, 0.25) is 0 Å². The van der Waals surface area contributed by atoms with E-state index < -0.39 is 30.3 Å². The van der Waals surface area contributed by atoms with Gasteiger partial charge in [-0.25, -0.2) is 9.59 Å². The number of piperidine rings is 1. The third-order valence-electron chi connectivity index (χ3n) is 7.80. The first-order valence-electron chi connectivity index (χ1n) is 14.3. The lowest BCUT2D eigenvalue weighted by molar-refractivity contribution is -0.165. The number of aliphatic carboxylic acids is 2. The van der Waals surface area contributed by atoms with Crippen LogP contribution in [0, 0.1) is 12.8 Å². The van der Waals surface area contributed by atoms with Gasteiger partial charge < -0.3 is 35.2 Å². The number of hydrogen-bond acceptors (Lipinski definition) is 9. The molecule has 5 rings (SSSR count). The highest BCUT2D eigenvalue weighted by Crippen LogP contribution is 2.31. The Labute approximate surface area is 253 Å². The van der Waals surface area contributed by atoms with Crippen molar-refractivity contribution in [3.05, 3.63) is 77.4 Å². The number of rotatable bonds is 10. The molecule has 3 aromatic carbocycles. The average Bonchev–Trinajstić information content (AvgIpc) is 3.01. The van der Waals surface area contributed by atoms with Gasteiger partial charge in [-0.15, -0.1) is 0 Å². The predicted molar refractivity (Wildman–Crippen MR) is 158 cm³/mol. The number of nitrogens with zero attached hydrogens (tertiary/aromatic N) is 2. The van der Waals surface area contributed by atoms with E-state index in [4.69, 9.17) is 25.2 Å². The van der Waals surface area contributed by atoms with Crippen LogP contribution in [0.3, 0.4) is 0 Å². The van der Waals surface area contributed by atoms with Crippen molar-refractivity contribution in [2.24, 2.45) is 5.92 Å². The molecule has 0 aromatic heterocycles. The number of carbonyl (C=O) groups excluding carboxylic acids is 2. The Morgan fingerprint density at radius 2 is 1.39 bits per heavy atom. The van der Waals surface area contributed by atoms with Crippen molar-refractivity contribution >= 4 is 34.5 Å². The molecule has 1 saturated heterocycles. The molecule has 0 saturated carbocycles. The van der Waals surface area contributed by atoms with E-state index in [0.29, 0.717) is 24.2 Å². The number of benzene rings is 3. The lowest BCUT2D eigenvalue weighted by Gasteiger charge is -2.36. The minimum atomic E-state index is -2.27. The van der Waals surface area contributed by atoms with E-state index in [1.807, 2.05) is 67.6 Å². The van der Waals surface area contributed by atoms with Crippen LogP contribution < -0.4 is 4.74 Å². The molecule has 12 heteroatoms. The number of aliphatic hydroxyl groups is 3. The molecule has 2 aliphatic rings. The summed E-state index contributed by atoms with van der Waals surface area (Å²) >= 11 is 0. The van der Waals surface area contributed by atoms with E-state index in [2.05, 4.69) is 4.90 Å². The fraction of sp³-hybridized carbons (Fsp3) is 0.375. The first-order chi connectivity index (χ1) is 21.0. The molecule has 234 valence electrons. The lowest BCUT2D eigenvalue weighted by atomic mass is 9.91. The highest BCUT2D eigenvalue weighted by atomic mass is 16.5. The first-order valence-corrected chi connectivity index (χ1v) is 14.3. The molecular formula is C32H36N2O10. The van der Waals surface area contributed by atoms with Crippen molar-refractivity contribution in [3.63, 3.8) is 0 Å². The van der Waals surface area contributed by atoms with Crippen LogP contribution in [0.5, 0.6) is 5.75 Å². The number of carbonyl (C=O) groups is 4. The number of carboxylic acid groups (broad SMARTS) is 2. The van der Waals surface area contributed by atoms with E-state index in [0.717, 1.165) is 48.0 Å². The highest BCUT2D eigenvalue weighted by molar-refractivity contribution is 6.25. The summed E-state index contributed by atoms with van der Waals surface area (Å²) in [7, 11) is 0. The van der Waals surface area contributed by atoms with Crippen molar-refractivity contribution in [2.75, 3.05) is 32.8 Å². The zero-order valence-electron chi connectivity index (χ0n) is 24.2. The fourth-order valence-electron chi connectivity index (χ4n) is 5.38. The zero-order valence-corrected chi connectivity index (χ0v) is 24.2. The molecule has 2 aliphatic heterocycles. The van der Waals surface area contributed by atoms with E-state index in [1.54, 1.807) is 0 Å². The minimum absolute atomic E-state index is 0.194. The Morgan fingerprint density at radius 1 is 0.841 bits per heavy atom. The van der Waals surface area contributed by atoms with Crippen LogP contribution in [0.1, 0.15) is 39.1 Å². The average molecular weight is 609 g/mol. The van der Waals surface area contributed by atoms with E-state index in [-0.39, 0.29) is 24.3 Å². The fourth-order valence-corrected chi connectivity index (χ4v) is 5.38. The second-order valence-electron chi connectivity index (χ2n) is 11.0. The van der Waals surface area contributed by atoms with Gasteiger partial charge in [-0.1, -0.05) is 42.5 Å². The lowest BCUT2D eigenvalue weighted by Crippen LogP contribution is -2.46. The number of amides is 2. The van der Waals surface area contributed by atoms with Gasteiger partial charge in [0.1, 0.15) is 18.5 Å². The van der Waals surface area contributed by atoms with Crippen LogP contribution in [-0.4, -0.2) is 110 Å². The molecule has 3 atom stereocenters. The predicted octanol–water partition coefficient (Wildman–Crippen LogP) is 1.77. The van der Waals surface area contributed by atoms with Crippen molar-refractivity contribution < 1.29 is 49.4 Å². The topological polar surface area (TPSA) is 185 Å². The molecule has 0 aliphatic carbocycles. The summed E-state index contributed by atoms with van der Waals surface area (Å²) in [6, 6.07) is 19.1. The molecule has 2 heterocycles. The van der Waals surface area contributed by atoms with Gasteiger partial charge in [0.15, 0.2) is 12.2 Å². The molecule has 1 fully saturated rings. The third kappa shape index (κ3) is 7.58. The second kappa shape index (κ2) is 14.4. The number of aryl methyl sites for hydroxylation is 1. The van der Waals surface area contributed by atoms with Crippen molar-refractivity contribution in [1.82, 2.24) is 9.80 Å². The molecule has 3 aromatic rings. The smallest absolute Gasteiger partial charge is 0.335 e. The standard InChI is InChI=1S/C28H30N2O4.C4H6O6/c1-19-6-2-3-11-25(19)34-18-22(31)17-29-14-12-20(13-15-29)16-30-27(32)23-9-4-7-21-8-5-10-24(26(21)23)28(30)33;5-1(3(7)8)2(6)4(9)10/h2-11,20,22,31H,12-18H2,1H3;1-2,5-6H,(H,7,8)(H,9,10)/t;1-,2-/m.1/s1. The van der Waals surface area contributed by atoms with Crippen LogP contribution in [0.25, 0.3) is 10.8 Å². The summed E-state index contributed by atoms with van der Waals surface area (Å²) in [6.07, 6.45) is -3.34. The summed E-state index contributed by atoms with van der Waals surface area (Å²) in [5.74, 6) is -2.87. The van der Waals surface area contributed by atoms with Gasteiger partial charge in [0, 0.05) is 29.6 Å². The number of hydrogen-bond donors (Lipinski definition) is 5. The zero-order chi connectivity index (χ0) is 32.0. The van der Waals surface area contributed by atoms with Crippen LogP contribution in [-0.2, 0) is 9.59 Å². The highest BCUT2D eigenvalue weighted by Gasteiger charge is 2.35. The summed E-state index contributed by atoms with van der Waals surface area (Å²) in [5.41, 5.74) is 2.28. The van der Waals surface area contributed by atoms with Crippen molar-refractivity contribution in [1.29, 1.82) is 0 Å². The van der Waals surface area contributed by atoms with E-state index in [9.17, 15) is 24.3 Å². The van der Waals surface area contributed by atoms with E-state index >= 15 is 0 Å². The van der Waals surface area contributed by atoms with Crippen LogP contribution in [0.4, 0.5) is 0 Å². The van der Waals surface area contributed by atoms with Gasteiger partial charge in [-0.2, -0.15) is 0 Å². The number of aliphatic hydroxyl groups excluding tert-OH is 3. The van der Waals surface area contributed by atoms with Gasteiger partial charge in [-0.3, -0.25) is 14.5 Å². The number of carboxylic acids is 2. The maximum absolute atomic E-state index is 13.2. The molecule has 0 bridgehead atoms. The molecule has 0 spiro atoms. The number of imide groups is 1. The Balaban J connectivity index is 0.000000382.